The lowest BCUT2D eigenvalue weighted by Crippen LogP contribution is -2.22. The number of nitrogens with two attached hydrogens (primary N) is 1. The van der Waals surface area contributed by atoms with Gasteiger partial charge in [-0.3, -0.25) is 0 Å². The van der Waals surface area contributed by atoms with E-state index in [2.05, 4.69) is 5.32 Å². The van der Waals surface area contributed by atoms with Crippen molar-refractivity contribution in [3.8, 4) is 0 Å². The van der Waals surface area contributed by atoms with E-state index in [1.165, 1.54) is 32.3 Å². The van der Waals surface area contributed by atoms with Gasteiger partial charge in [0, 0.05) is 27.1 Å². The molecule has 21 heavy (non-hydrogen) atoms. The lowest BCUT2D eigenvalue weighted by molar-refractivity contribution is -0.134. The summed E-state index contributed by atoms with van der Waals surface area (Å²) < 4.78 is 60.8. The third-order valence-corrected chi connectivity index (χ3v) is 4.57. The molecule has 120 valence electrons. The summed E-state index contributed by atoms with van der Waals surface area (Å²) in [6.07, 6.45) is -5.15. The van der Waals surface area contributed by atoms with Crippen molar-refractivity contribution < 1.29 is 21.6 Å². The summed E-state index contributed by atoms with van der Waals surface area (Å²) in [5, 5.41) is 2.76. The molecule has 0 heterocycles. The molecule has 0 atom stereocenters. The predicted octanol–water partition coefficient (Wildman–Crippen LogP) is 2.27. The zero-order chi connectivity index (χ0) is 16.3. The van der Waals surface area contributed by atoms with Gasteiger partial charge in [-0.2, -0.15) is 13.2 Å². The molecule has 3 N–H and O–H groups in total. The first-order chi connectivity index (χ1) is 9.54. The third kappa shape index (κ3) is 5.09. The van der Waals surface area contributed by atoms with Crippen molar-refractivity contribution in [2.24, 2.45) is 0 Å². The molecule has 0 unspecified atom stereocenters. The monoisotopic (exact) mass is 325 g/mol. The fraction of sp³-hybridized carbons (Fsp3) is 0.500. The number of nitrogens with zero attached hydrogens (tertiary/aromatic N) is 1. The van der Waals surface area contributed by atoms with Crippen LogP contribution in [0.25, 0.3) is 0 Å². The Morgan fingerprint density at radius 1 is 1.29 bits per heavy atom. The number of nitrogen functional groups attached to an aromatic ring is 1. The Balaban J connectivity index is 2.72. The number of alkyl halides is 3. The maximum absolute atomic E-state index is 12.0. The summed E-state index contributed by atoms with van der Waals surface area (Å²) >= 11 is 0. The standard InChI is InChI=1S/C12H18F3N3O2S/c1-18(2)21(19,20)9-4-5-11(10(16)8-9)17-7-3-6-12(13,14)15/h4-5,8,17H,3,6-7,16H2,1-2H3. The molecule has 0 aliphatic carbocycles. The van der Waals surface area contributed by atoms with E-state index < -0.39 is 22.6 Å². The fourth-order valence-electron chi connectivity index (χ4n) is 1.58. The Labute approximate surface area is 122 Å². The summed E-state index contributed by atoms with van der Waals surface area (Å²) in [6, 6.07) is 4.08. The van der Waals surface area contributed by atoms with Crippen LogP contribution in [0.5, 0.6) is 0 Å². The predicted molar refractivity (Wildman–Crippen MR) is 75.5 cm³/mol. The molecule has 0 saturated heterocycles. The molecule has 0 aliphatic heterocycles. The van der Waals surface area contributed by atoms with Crippen molar-refractivity contribution in [2.75, 3.05) is 31.7 Å². The highest BCUT2D eigenvalue weighted by Crippen LogP contribution is 2.25. The van der Waals surface area contributed by atoms with Gasteiger partial charge < -0.3 is 11.1 Å². The molecular weight excluding hydrogens is 307 g/mol. The minimum atomic E-state index is -4.18. The van der Waals surface area contributed by atoms with E-state index in [4.69, 9.17) is 5.73 Å². The van der Waals surface area contributed by atoms with Gasteiger partial charge in [-0.15, -0.1) is 0 Å². The second-order valence-electron chi connectivity index (χ2n) is 4.68. The summed E-state index contributed by atoms with van der Waals surface area (Å²) in [7, 11) is -0.789. The summed E-state index contributed by atoms with van der Waals surface area (Å²) in [4.78, 5) is 0.0332. The maximum Gasteiger partial charge on any atom is 0.389 e. The van der Waals surface area contributed by atoms with Crippen LogP contribution in [0, 0.1) is 0 Å². The third-order valence-electron chi connectivity index (χ3n) is 2.75. The van der Waals surface area contributed by atoms with E-state index >= 15 is 0 Å². The van der Waals surface area contributed by atoms with Crippen molar-refractivity contribution in [1.82, 2.24) is 4.31 Å². The van der Waals surface area contributed by atoms with Gasteiger partial charge in [-0.05, 0) is 24.6 Å². The first kappa shape index (κ1) is 17.6. The van der Waals surface area contributed by atoms with Crippen LogP contribution in [0.3, 0.4) is 0 Å². The van der Waals surface area contributed by atoms with Crippen LogP contribution >= 0.6 is 0 Å². The Morgan fingerprint density at radius 2 is 1.90 bits per heavy atom. The molecule has 1 aromatic rings. The average molecular weight is 325 g/mol. The van der Waals surface area contributed by atoms with Crippen LogP contribution in [0.15, 0.2) is 23.1 Å². The highest BCUT2D eigenvalue weighted by atomic mass is 32.2. The average Bonchev–Trinajstić information content (AvgIpc) is 2.34. The van der Waals surface area contributed by atoms with Crippen LogP contribution in [-0.2, 0) is 10.0 Å². The van der Waals surface area contributed by atoms with Gasteiger partial charge in [0.05, 0.1) is 16.3 Å². The maximum atomic E-state index is 12.0. The molecule has 1 aromatic carbocycles. The van der Waals surface area contributed by atoms with E-state index in [-0.39, 0.29) is 23.5 Å². The molecular formula is C12H18F3N3O2S. The summed E-state index contributed by atoms with van der Waals surface area (Å²) in [5.41, 5.74) is 6.30. The molecule has 0 aliphatic rings. The lowest BCUT2D eigenvalue weighted by atomic mass is 10.2. The number of hydrogen-bond acceptors (Lipinski definition) is 4. The van der Waals surface area contributed by atoms with Gasteiger partial charge in [-0.25, -0.2) is 12.7 Å². The zero-order valence-corrected chi connectivity index (χ0v) is 12.6. The number of benzene rings is 1. The van der Waals surface area contributed by atoms with Gasteiger partial charge in [0.15, 0.2) is 0 Å². The van der Waals surface area contributed by atoms with E-state index in [0.29, 0.717) is 5.69 Å². The number of rotatable bonds is 6. The second-order valence-corrected chi connectivity index (χ2v) is 6.83. The largest absolute Gasteiger partial charge is 0.397 e. The quantitative estimate of drug-likeness (QED) is 0.621. The van der Waals surface area contributed by atoms with Gasteiger partial charge in [-0.1, -0.05) is 0 Å². The van der Waals surface area contributed by atoms with E-state index in [9.17, 15) is 21.6 Å². The minimum Gasteiger partial charge on any atom is -0.397 e. The molecule has 0 aromatic heterocycles. The van der Waals surface area contributed by atoms with Crippen LogP contribution in [-0.4, -0.2) is 39.5 Å². The Kier molecular flexibility index (Phi) is 5.46. The Morgan fingerprint density at radius 3 is 2.38 bits per heavy atom. The highest BCUT2D eigenvalue weighted by molar-refractivity contribution is 7.89. The van der Waals surface area contributed by atoms with E-state index in [0.717, 1.165) is 4.31 Å². The molecule has 0 radical (unpaired) electrons. The fourth-order valence-corrected chi connectivity index (χ4v) is 2.52. The smallest absolute Gasteiger partial charge is 0.389 e. The second kappa shape index (κ2) is 6.52. The molecule has 0 bridgehead atoms. The number of sulfonamides is 1. The minimum absolute atomic E-state index is 0.0332. The number of hydrogen-bond donors (Lipinski definition) is 2. The Bertz CT molecular complexity index is 586. The number of anilines is 2. The van der Waals surface area contributed by atoms with E-state index in [1.807, 2.05) is 0 Å². The molecule has 9 heteroatoms. The van der Waals surface area contributed by atoms with Gasteiger partial charge >= 0.3 is 6.18 Å². The van der Waals surface area contributed by atoms with Gasteiger partial charge in [0.1, 0.15) is 0 Å². The number of halogens is 3. The molecule has 1 rings (SSSR count). The first-order valence-electron chi connectivity index (χ1n) is 6.17. The molecule has 0 amide bonds. The van der Waals surface area contributed by atoms with Crippen LogP contribution in [0.4, 0.5) is 24.5 Å². The first-order valence-corrected chi connectivity index (χ1v) is 7.61. The van der Waals surface area contributed by atoms with E-state index in [1.54, 1.807) is 0 Å². The molecule has 0 spiro atoms. The van der Waals surface area contributed by atoms with Crippen LogP contribution in [0.1, 0.15) is 12.8 Å². The SMILES string of the molecule is CN(C)S(=O)(=O)c1ccc(NCCCC(F)(F)F)c(N)c1. The highest BCUT2D eigenvalue weighted by Gasteiger charge is 2.25. The van der Waals surface area contributed by atoms with Gasteiger partial charge in [0.2, 0.25) is 10.0 Å². The van der Waals surface area contributed by atoms with Crippen LogP contribution in [0.2, 0.25) is 0 Å². The van der Waals surface area contributed by atoms with Crippen molar-refractivity contribution >= 4 is 21.4 Å². The summed E-state index contributed by atoms with van der Waals surface area (Å²) in [6.45, 7) is 0.101. The van der Waals surface area contributed by atoms with Crippen molar-refractivity contribution in [2.45, 2.75) is 23.9 Å². The van der Waals surface area contributed by atoms with Crippen LogP contribution < -0.4 is 11.1 Å². The lowest BCUT2D eigenvalue weighted by Gasteiger charge is -2.14. The summed E-state index contributed by atoms with van der Waals surface area (Å²) in [5.74, 6) is 0. The molecule has 0 saturated carbocycles. The number of nitrogens with one attached hydrogen (secondary N) is 1. The normalized spacial score (nSPS) is 12.7. The van der Waals surface area contributed by atoms with Crippen molar-refractivity contribution in [1.29, 1.82) is 0 Å². The zero-order valence-electron chi connectivity index (χ0n) is 11.7. The van der Waals surface area contributed by atoms with Crippen molar-refractivity contribution in [3.63, 3.8) is 0 Å². The Hall–Kier alpha value is -1.48. The van der Waals surface area contributed by atoms with Crippen molar-refractivity contribution in [3.05, 3.63) is 18.2 Å². The molecule has 5 nitrogen and oxygen atoms in total. The topological polar surface area (TPSA) is 75.4 Å². The van der Waals surface area contributed by atoms with Gasteiger partial charge in [0.25, 0.3) is 0 Å². The molecule has 0 fully saturated rings.